The van der Waals surface area contributed by atoms with Gasteiger partial charge < -0.3 is 14.6 Å². The second-order valence-electron chi connectivity index (χ2n) is 9.01. The molecule has 11 heteroatoms. The van der Waals surface area contributed by atoms with Gasteiger partial charge in [-0.2, -0.15) is 0 Å². The van der Waals surface area contributed by atoms with Crippen molar-refractivity contribution in [3.05, 3.63) is 48.1 Å². The van der Waals surface area contributed by atoms with Crippen molar-refractivity contribution < 1.29 is 36.2 Å². The van der Waals surface area contributed by atoms with Crippen molar-refractivity contribution in [1.29, 1.82) is 0 Å². The zero-order chi connectivity index (χ0) is 22.7. The van der Waals surface area contributed by atoms with E-state index in [4.69, 9.17) is 4.74 Å². The van der Waals surface area contributed by atoms with Gasteiger partial charge in [0.15, 0.2) is 18.2 Å². The van der Waals surface area contributed by atoms with Crippen LogP contribution >= 0.6 is 0 Å². The second-order valence-corrected chi connectivity index (χ2v) is 9.01. The van der Waals surface area contributed by atoms with Crippen LogP contribution in [0.5, 0.6) is 5.75 Å². The third-order valence-electron chi connectivity index (χ3n) is 6.63. The summed E-state index contributed by atoms with van der Waals surface area (Å²) in [6.07, 6.45) is 0.900. The highest BCUT2D eigenvalue weighted by atomic mass is 19.4. The highest BCUT2D eigenvalue weighted by molar-refractivity contribution is 5.79. The van der Waals surface area contributed by atoms with Crippen LogP contribution in [0.15, 0.2) is 30.7 Å². The van der Waals surface area contributed by atoms with Gasteiger partial charge in [-0.05, 0) is 44.2 Å². The molecule has 0 saturated heterocycles. The van der Waals surface area contributed by atoms with E-state index in [0.29, 0.717) is 12.8 Å². The van der Waals surface area contributed by atoms with Gasteiger partial charge in [-0.25, -0.2) is 13.8 Å². The van der Waals surface area contributed by atoms with E-state index in [1.807, 2.05) is 10.8 Å². The van der Waals surface area contributed by atoms with Gasteiger partial charge >= 0.3 is 6.36 Å². The van der Waals surface area contributed by atoms with Crippen LogP contribution in [-0.2, 0) is 15.1 Å². The minimum Gasteiger partial charge on any atom is -0.484 e. The number of alkyl halides is 3. The first-order chi connectivity index (χ1) is 15.0. The lowest BCUT2D eigenvalue weighted by atomic mass is 9.44. The van der Waals surface area contributed by atoms with Gasteiger partial charge in [-0.15, -0.1) is 13.2 Å². The minimum atomic E-state index is -4.61. The number of rotatable bonds is 7. The summed E-state index contributed by atoms with van der Waals surface area (Å²) < 4.78 is 74.1. The number of ether oxygens (including phenoxy) is 2. The van der Waals surface area contributed by atoms with Crippen molar-refractivity contribution in [3.8, 4) is 5.75 Å². The normalized spacial score (nSPS) is 30.7. The summed E-state index contributed by atoms with van der Waals surface area (Å²) in [5.74, 6) is -2.36. The number of amides is 1. The molecule has 2 aromatic rings. The smallest absolute Gasteiger partial charge is 0.484 e. The molecule has 32 heavy (non-hydrogen) atoms. The molecule has 1 aromatic heterocycles. The van der Waals surface area contributed by atoms with Crippen LogP contribution in [0.3, 0.4) is 0 Å². The molecule has 0 unspecified atom stereocenters. The Balaban J connectivity index is 1.08. The Morgan fingerprint density at radius 1 is 1.19 bits per heavy atom. The van der Waals surface area contributed by atoms with Crippen molar-refractivity contribution in [3.63, 3.8) is 0 Å². The van der Waals surface area contributed by atoms with Crippen LogP contribution in [0.2, 0.25) is 0 Å². The highest BCUT2D eigenvalue weighted by Gasteiger charge is 2.69. The molecule has 0 radical (unpaired) electrons. The Morgan fingerprint density at radius 2 is 1.91 bits per heavy atom. The average Bonchev–Trinajstić information content (AvgIpc) is 3.09. The lowest BCUT2D eigenvalue weighted by Gasteiger charge is -2.70. The van der Waals surface area contributed by atoms with Crippen molar-refractivity contribution in [2.45, 2.75) is 61.6 Å². The quantitative estimate of drug-likeness (QED) is 0.643. The molecule has 4 saturated carbocycles. The molecular weight excluding hydrogens is 437 g/mol. The van der Waals surface area contributed by atoms with Crippen molar-refractivity contribution in [2.75, 3.05) is 6.61 Å². The Morgan fingerprint density at radius 3 is 2.56 bits per heavy atom. The fourth-order valence-electron chi connectivity index (χ4n) is 5.09. The number of nitrogens with one attached hydrogen (secondary N) is 1. The maximum Gasteiger partial charge on any atom is 0.522 e. The summed E-state index contributed by atoms with van der Waals surface area (Å²) in [5.41, 5.74) is 0.307. The standard InChI is InChI=1S/C21H20F5N3O3/c22-15-2-1-13(5-16(15)23)31-7-18(30)28-19-8-20(9-19,10-19)29-6-17(27-11-29)12-3-14(4-12)32-21(24,25)26/h1-2,5-6,11-12,14H,3-4,7-10H2,(H,28,30). The molecule has 0 atom stereocenters. The second kappa shape index (κ2) is 7.16. The molecule has 4 aliphatic rings. The van der Waals surface area contributed by atoms with Gasteiger partial charge in [0.25, 0.3) is 5.91 Å². The van der Waals surface area contributed by atoms with E-state index in [2.05, 4.69) is 15.0 Å². The van der Waals surface area contributed by atoms with Crippen LogP contribution in [0, 0.1) is 11.6 Å². The maximum absolute atomic E-state index is 13.2. The monoisotopic (exact) mass is 457 g/mol. The summed E-state index contributed by atoms with van der Waals surface area (Å²) in [6, 6.07) is 3.06. The molecule has 0 aliphatic heterocycles. The number of hydrogen-bond donors (Lipinski definition) is 1. The van der Waals surface area contributed by atoms with Crippen LogP contribution in [-0.4, -0.2) is 40.1 Å². The predicted octanol–water partition coefficient (Wildman–Crippen LogP) is 3.77. The zero-order valence-electron chi connectivity index (χ0n) is 16.8. The van der Waals surface area contributed by atoms with Crippen molar-refractivity contribution >= 4 is 5.91 Å². The number of imidazole rings is 1. The fourth-order valence-corrected chi connectivity index (χ4v) is 5.09. The Labute approximate surface area is 179 Å². The lowest BCUT2D eigenvalue weighted by molar-refractivity contribution is -0.351. The Kier molecular flexibility index (Phi) is 4.74. The fraction of sp³-hybridized carbons (Fsp3) is 0.524. The Bertz CT molecular complexity index is 1030. The Hall–Kier alpha value is -2.69. The van der Waals surface area contributed by atoms with E-state index in [0.717, 1.165) is 37.1 Å². The predicted molar refractivity (Wildman–Crippen MR) is 99.7 cm³/mol. The van der Waals surface area contributed by atoms with Gasteiger partial charge in [-0.1, -0.05) is 0 Å². The first-order valence-corrected chi connectivity index (χ1v) is 10.2. The number of carbonyl (C=O) groups is 1. The van der Waals surface area contributed by atoms with Crippen LogP contribution in [0.25, 0.3) is 0 Å². The maximum atomic E-state index is 13.2. The van der Waals surface area contributed by atoms with E-state index in [1.165, 1.54) is 6.07 Å². The van der Waals surface area contributed by atoms with Gasteiger partial charge in [0.2, 0.25) is 0 Å². The first kappa shape index (κ1) is 21.2. The molecule has 172 valence electrons. The molecule has 4 aliphatic carbocycles. The highest BCUT2D eigenvalue weighted by Crippen LogP contribution is 2.65. The van der Waals surface area contributed by atoms with Gasteiger partial charge in [-0.3, -0.25) is 9.53 Å². The van der Waals surface area contributed by atoms with Crippen molar-refractivity contribution in [2.24, 2.45) is 0 Å². The molecule has 6 nitrogen and oxygen atoms in total. The van der Waals surface area contributed by atoms with Crippen LogP contribution in [0.4, 0.5) is 22.0 Å². The number of nitrogens with zero attached hydrogens (tertiary/aromatic N) is 2. The number of halogens is 5. The topological polar surface area (TPSA) is 65.4 Å². The van der Waals surface area contributed by atoms with Crippen LogP contribution in [0.1, 0.15) is 43.7 Å². The zero-order valence-corrected chi connectivity index (χ0v) is 16.8. The number of aromatic nitrogens is 2. The molecule has 1 heterocycles. The molecule has 1 amide bonds. The van der Waals surface area contributed by atoms with Crippen molar-refractivity contribution in [1.82, 2.24) is 14.9 Å². The summed E-state index contributed by atoms with van der Waals surface area (Å²) in [6.45, 7) is -0.308. The number of carbonyl (C=O) groups excluding carboxylic acids is 1. The average molecular weight is 457 g/mol. The summed E-state index contributed by atoms with van der Waals surface area (Å²) in [4.78, 5) is 16.6. The molecule has 0 spiro atoms. The molecule has 6 rings (SSSR count). The number of hydrogen-bond acceptors (Lipinski definition) is 4. The van der Waals surface area contributed by atoms with E-state index in [1.54, 1.807) is 6.33 Å². The van der Waals surface area contributed by atoms with E-state index >= 15 is 0 Å². The molecule has 1 N–H and O–H groups in total. The largest absolute Gasteiger partial charge is 0.522 e. The lowest BCUT2D eigenvalue weighted by Crippen LogP contribution is -2.78. The summed E-state index contributed by atoms with van der Waals surface area (Å²) in [5, 5.41) is 2.94. The van der Waals surface area contributed by atoms with E-state index in [-0.39, 0.29) is 35.3 Å². The SMILES string of the molecule is O=C(COc1ccc(F)c(F)c1)NC12CC(n3cnc(C4CC(OC(F)(F)F)C4)c3)(C1)C2. The summed E-state index contributed by atoms with van der Waals surface area (Å²) >= 11 is 0. The van der Waals surface area contributed by atoms with Crippen LogP contribution < -0.4 is 10.1 Å². The van der Waals surface area contributed by atoms with Gasteiger partial charge in [0.05, 0.1) is 23.7 Å². The summed E-state index contributed by atoms with van der Waals surface area (Å²) in [7, 11) is 0. The number of benzene rings is 1. The molecule has 1 aromatic carbocycles. The third-order valence-corrected chi connectivity index (χ3v) is 6.63. The third kappa shape index (κ3) is 3.82. The molecule has 4 fully saturated rings. The molecule has 2 bridgehead atoms. The van der Waals surface area contributed by atoms with Gasteiger partial charge in [0.1, 0.15) is 5.75 Å². The molecular formula is C21H20F5N3O3. The minimum absolute atomic E-state index is 0.0435. The van der Waals surface area contributed by atoms with Gasteiger partial charge in [0, 0.05) is 23.7 Å². The van der Waals surface area contributed by atoms with E-state index in [9.17, 15) is 26.7 Å². The first-order valence-electron chi connectivity index (χ1n) is 10.2. The van der Waals surface area contributed by atoms with E-state index < -0.39 is 24.1 Å².